The molecule has 8 aliphatic rings. The molecule has 8 saturated carbocycles. The van der Waals surface area contributed by atoms with Gasteiger partial charge in [-0.2, -0.15) is 5.10 Å². The number of aromatic nitrogens is 2. The molecule has 34 heavy (non-hydrogen) atoms. The van der Waals surface area contributed by atoms with Crippen LogP contribution in [-0.4, -0.2) is 21.2 Å². The first-order valence-corrected chi connectivity index (χ1v) is 14.0. The standard InChI is InChI=1S/C30H37N3O/c34-28(31-30-15-22-9-23(16-30)11-24(10-22)17-30)26-18-33(25-4-2-1-3-5-25)32-27(26)29-12-19-6-20(13-29)8-21(7-19)14-29/h1-5,18-24H,6-17H2,(H,31,34). The molecule has 1 heterocycles. The van der Waals surface area contributed by atoms with Crippen LogP contribution in [0, 0.1) is 35.5 Å². The Hall–Kier alpha value is -2.10. The summed E-state index contributed by atoms with van der Waals surface area (Å²) in [6, 6.07) is 10.4. The number of carbonyl (C=O) groups excluding carboxylic acids is 1. The van der Waals surface area contributed by atoms with Gasteiger partial charge in [0.15, 0.2) is 0 Å². The molecule has 1 aromatic carbocycles. The number of hydrogen-bond acceptors (Lipinski definition) is 2. The summed E-state index contributed by atoms with van der Waals surface area (Å²) in [4.78, 5) is 14.1. The van der Waals surface area contributed by atoms with Crippen molar-refractivity contribution in [3.05, 3.63) is 47.8 Å². The molecular weight excluding hydrogens is 418 g/mol. The Morgan fingerprint density at radius 2 is 1.26 bits per heavy atom. The smallest absolute Gasteiger partial charge is 0.255 e. The third-order valence-electron chi connectivity index (χ3n) is 10.9. The average Bonchev–Trinajstić information content (AvgIpc) is 3.24. The van der Waals surface area contributed by atoms with E-state index in [1.165, 1.54) is 77.0 Å². The van der Waals surface area contributed by atoms with E-state index in [0.29, 0.717) is 0 Å². The highest BCUT2D eigenvalue weighted by molar-refractivity contribution is 5.96. The minimum absolute atomic E-state index is 0.0411. The van der Waals surface area contributed by atoms with Crippen LogP contribution >= 0.6 is 0 Å². The highest BCUT2D eigenvalue weighted by Gasteiger charge is 2.55. The number of nitrogens with one attached hydrogen (secondary N) is 1. The number of hydrogen-bond donors (Lipinski definition) is 1. The predicted octanol–water partition coefficient (Wildman–Crippen LogP) is 6.04. The maximum atomic E-state index is 14.1. The molecule has 0 atom stereocenters. The van der Waals surface area contributed by atoms with Crippen molar-refractivity contribution < 1.29 is 4.79 Å². The van der Waals surface area contributed by atoms with Crippen LogP contribution in [0.25, 0.3) is 5.69 Å². The lowest BCUT2D eigenvalue weighted by molar-refractivity contribution is -0.0174. The van der Waals surface area contributed by atoms with E-state index in [9.17, 15) is 4.79 Å². The third kappa shape index (κ3) is 3.02. The van der Waals surface area contributed by atoms with Gasteiger partial charge in [-0.3, -0.25) is 4.79 Å². The molecule has 4 heteroatoms. The van der Waals surface area contributed by atoms with Crippen LogP contribution < -0.4 is 5.32 Å². The van der Waals surface area contributed by atoms with Crippen molar-refractivity contribution in [2.75, 3.05) is 0 Å². The van der Waals surface area contributed by atoms with Gasteiger partial charge < -0.3 is 5.32 Å². The summed E-state index contributed by atoms with van der Waals surface area (Å²) in [5.74, 6) is 5.19. The Morgan fingerprint density at radius 3 is 1.79 bits per heavy atom. The molecule has 1 amide bonds. The molecule has 1 aromatic heterocycles. The van der Waals surface area contributed by atoms with Crippen LogP contribution in [0.15, 0.2) is 36.5 Å². The number of carbonyl (C=O) groups is 1. The summed E-state index contributed by atoms with van der Waals surface area (Å²) < 4.78 is 2.00. The van der Waals surface area contributed by atoms with Gasteiger partial charge in [0.1, 0.15) is 0 Å². The quantitative estimate of drug-likeness (QED) is 0.611. The molecule has 8 aliphatic carbocycles. The van der Waals surface area contributed by atoms with Gasteiger partial charge in [-0.15, -0.1) is 0 Å². The van der Waals surface area contributed by atoms with Crippen molar-refractivity contribution >= 4 is 5.91 Å². The highest BCUT2D eigenvalue weighted by atomic mass is 16.1. The maximum Gasteiger partial charge on any atom is 0.255 e. The van der Waals surface area contributed by atoms with Crippen molar-refractivity contribution in [2.24, 2.45) is 35.5 Å². The Balaban J connectivity index is 1.18. The highest BCUT2D eigenvalue weighted by Crippen LogP contribution is 2.61. The van der Waals surface area contributed by atoms with E-state index in [4.69, 9.17) is 5.10 Å². The van der Waals surface area contributed by atoms with E-state index in [1.54, 1.807) is 0 Å². The fourth-order valence-corrected chi connectivity index (χ4v) is 10.6. The molecule has 0 unspecified atom stereocenters. The molecule has 0 radical (unpaired) electrons. The van der Waals surface area contributed by atoms with E-state index in [0.717, 1.165) is 52.5 Å². The lowest BCUT2D eigenvalue weighted by atomic mass is 9.48. The Bertz CT molecular complexity index is 1060. The maximum absolute atomic E-state index is 14.1. The van der Waals surface area contributed by atoms with E-state index in [-0.39, 0.29) is 16.9 Å². The van der Waals surface area contributed by atoms with Gasteiger partial charge in [-0.1, -0.05) is 18.2 Å². The minimum Gasteiger partial charge on any atom is -0.346 e. The third-order valence-corrected chi connectivity index (χ3v) is 10.9. The predicted molar refractivity (Wildman–Crippen MR) is 132 cm³/mol. The monoisotopic (exact) mass is 455 g/mol. The number of para-hydroxylation sites is 1. The fourth-order valence-electron chi connectivity index (χ4n) is 10.6. The topological polar surface area (TPSA) is 46.9 Å². The van der Waals surface area contributed by atoms with Crippen molar-refractivity contribution in [3.63, 3.8) is 0 Å². The summed E-state index contributed by atoms with van der Waals surface area (Å²) in [7, 11) is 0. The lowest BCUT2D eigenvalue weighted by Gasteiger charge is -2.57. The zero-order chi connectivity index (χ0) is 22.5. The van der Waals surface area contributed by atoms with Gasteiger partial charge >= 0.3 is 0 Å². The molecule has 0 spiro atoms. The molecule has 178 valence electrons. The average molecular weight is 456 g/mol. The summed E-state index contributed by atoms with van der Waals surface area (Å²) in [5, 5.41) is 8.93. The Kier molecular flexibility index (Phi) is 4.13. The van der Waals surface area contributed by atoms with E-state index >= 15 is 0 Å². The molecule has 8 bridgehead atoms. The number of rotatable bonds is 4. The van der Waals surface area contributed by atoms with Gasteiger partial charge in [-0.05, 0) is 125 Å². The SMILES string of the molecule is O=C(NC12CC3CC(CC(C3)C1)C2)c1cn(-c2ccccc2)nc1C12CC3CC(CC(C3)C1)C2. The van der Waals surface area contributed by atoms with Crippen LogP contribution in [0.3, 0.4) is 0 Å². The summed E-state index contributed by atoms with van der Waals surface area (Å²) in [6.07, 6.45) is 17.8. The van der Waals surface area contributed by atoms with Gasteiger partial charge in [0.2, 0.25) is 0 Å². The van der Waals surface area contributed by atoms with Crippen LogP contribution in [-0.2, 0) is 5.41 Å². The van der Waals surface area contributed by atoms with Crippen molar-refractivity contribution in [1.82, 2.24) is 15.1 Å². The molecule has 8 fully saturated rings. The molecule has 4 nitrogen and oxygen atoms in total. The lowest BCUT2D eigenvalue weighted by Crippen LogP contribution is -2.60. The Labute approximate surface area is 202 Å². The van der Waals surface area contributed by atoms with E-state index < -0.39 is 0 Å². The second-order valence-electron chi connectivity index (χ2n) is 13.5. The largest absolute Gasteiger partial charge is 0.346 e. The van der Waals surface area contributed by atoms with Gasteiger partial charge in [-0.25, -0.2) is 4.68 Å². The fraction of sp³-hybridized carbons (Fsp3) is 0.667. The molecule has 0 aliphatic heterocycles. The number of amides is 1. The summed E-state index contributed by atoms with van der Waals surface area (Å²) >= 11 is 0. The number of nitrogens with zero attached hydrogens (tertiary/aromatic N) is 2. The molecule has 2 aromatic rings. The molecular formula is C30H37N3O. The summed E-state index contributed by atoms with van der Waals surface area (Å²) in [6.45, 7) is 0. The first-order chi connectivity index (χ1) is 16.5. The van der Waals surface area contributed by atoms with Crippen LogP contribution in [0.5, 0.6) is 0 Å². The minimum atomic E-state index is 0.0411. The summed E-state index contributed by atoms with van der Waals surface area (Å²) in [5.41, 5.74) is 3.21. The normalized spacial score (nSPS) is 43.4. The van der Waals surface area contributed by atoms with Gasteiger partial charge in [0.25, 0.3) is 5.91 Å². The Morgan fingerprint density at radius 1 is 0.765 bits per heavy atom. The van der Waals surface area contributed by atoms with Crippen molar-refractivity contribution in [3.8, 4) is 5.69 Å². The zero-order valence-corrected chi connectivity index (χ0v) is 20.2. The molecule has 10 rings (SSSR count). The molecule has 0 saturated heterocycles. The van der Waals surface area contributed by atoms with Crippen LogP contribution in [0.4, 0.5) is 0 Å². The number of benzene rings is 1. The van der Waals surface area contributed by atoms with Crippen molar-refractivity contribution in [1.29, 1.82) is 0 Å². The first-order valence-electron chi connectivity index (χ1n) is 14.0. The first kappa shape index (κ1) is 20.1. The van der Waals surface area contributed by atoms with E-state index in [2.05, 4.69) is 35.8 Å². The van der Waals surface area contributed by atoms with Crippen molar-refractivity contribution in [2.45, 2.75) is 88.0 Å². The second-order valence-corrected chi connectivity index (χ2v) is 13.5. The van der Waals surface area contributed by atoms with Gasteiger partial charge in [0, 0.05) is 17.2 Å². The van der Waals surface area contributed by atoms with E-state index in [1.807, 2.05) is 10.7 Å². The molecule has 1 N–H and O–H groups in total. The second kappa shape index (κ2) is 6.98. The zero-order valence-electron chi connectivity index (χ0n) is 20.2. The van der Waals surface area contributed by atoms with Crippen LogP contribution in [0.2, 0.25) is 0 Å². The van der Waals surface area contributed by atoms with Gasteiger partial charge in [0.05, 0.1) is 16.9 Å². The van der Waals surface area contributed by atoms with Crippen LogP contribution in [0.1, 0.15) is 93.1 Å².